The molecule has 2 aromatic rings. The van der Waals surface area contributed by atoms with Crippen molar-refractivity contribution in [2.24, 2.45) is 0 Å². The Hall–Kier alpha value is -2.15. The molecule has 1 aromatic heterocycles. The predicted molar refractivity (Wildman–Crippen MR) is 50.7 cm³/mol. The van der Waals surface area contributed by atoms with Crippen LogP contribution in [0.5, 0.6) is 0 Å². The molecule has 0 bridgehead atoms. The molecule has 0 fully saturated rings. The fraction of sp³-hybridized carbons (Fsp3) is 0.100. The molecule has 0 radical (unpaired) electrons. The smallest absolute Gasteiger partial charge is 0.0859 e. The van der Waals surface area contributed by atoms with E-state index in [1.165, 1.54) is 4.80 Å². The van der Waals surface area contributed by atoms with Crippen LogP contribution in [0.3, 0.4) is 0 Å². The Balaban J connectivity index is 2.37. The SMILES string of the molecule is N#CCc1cccc(-n2nccn2)c1. The van der Waals surface area contributed by atoms with Crippen molar-refractivity contribution in [3.63, 3.8) is 0 Å². The van der Waals surface area contributed by atoms with Crippen LogP contribution in [0.4, 0.5) is 0 Å². The van der Waals surface area contributed by atoms with E-state index in [9.17, 15) is 0 Å². The van der Waals surface area contributed by atoms with Gasteiger partial charge in [0.2, 0.25) is 0 Å². The van der Waals surface area contributed by atoms with Gasteiger partial charge in [0.05, 0.1) is 30.6 Å². The molecule has 4 nitrogen and oxygen atoms in total. The van der Waals surface area contributed by atoms with E-state index in [0.717, 1.165) is 11.3 Å². The lowest BCUT2D eigenvalue weighted by atomic mass is 10.1. The summed E-state index contributed by atoms with van der Waals surface area (Å²) in [6.07, 6.45) is 3.66. The van der Waals surface area contributed by atoms with E-state index < -0.39 is 0 Å². The van der Waals surface area contributed by atoms with Crippen molar-refractivity contribution in [1.29, 1.82) is 5.26 Å². The van der Waals surface area contributed by atoms with E-state index in [4.69, 9.17) is 5.26 Å². The standard InChI is InChI=1S/C10H8N4/c11-5-4-9-2-1-3-10(8-9)14-12-6-7-13-14/h1-3,6-8H,4H2. The maximum Gasteiger partial charge on any atom is 0.0859 e. The van der Waals surface area contributed by atoms with E-state index in [-0.39, 0.29) is 0 Å². The minimum atomic E-state index is 0.412. The summed E-state index contributed by atoms with van der Waals surface area (Å²) in [5.41, 5.74) is 1.85. The van der Waals surface area contributed by atoms with Crippen molar-refractivity contribution in [2.75, 3.05) is 0 Å². The van der Waals surface area contributed by atoms with E-state index in [1.54, 1.807) is 12.4 Å². The van der Waals surface area contributed by atoms with Crippen molar-refractivity contribution in [3.8, 4) is 11.8 Å². The third kappa shape index (κ3) is 1.62. The summed E-state index contributed by atoms with van der Waals surface area (Å²) >= 11 is 0. The van der Waals surface area contributed by atoms with Crippen LogP contribution in [-0.4, -0.2) is 15.0 Å². The Morgan fingerprint density at radius 1 is 1.29 bits per heavy atom. The number of nitriles is 1. The molecule has 0 saturated carbocycles. The van der Waals surface area contributed by atoms with Crippen LogP contribution in [0.25, 0.3) is 5.69 Å². The Kier molecular flexibility index (Phi) is 2.24. The molecule has 2 rings (SSSR count). The van der Waals surface area contributed by atoms with Gasteiger partial charge in [-0.05, 0) is 17.7 Å². The van der Waals surface area contributed by atoms with Gasteiger partial charge in [-0.15, -0.1) is 0 Å². The minimum Gasteiger partial charge on any atom is -0.198 e. The van der Waals surface area contributed by atoms with Gasteiger partial charge in [-0.25, -0.2) is 0 Å². The van der Waals surface area contributed by atoms with E-state index >= 15 is 0 Å². The van der Waals surface area contributed by atoms with Gasteiger partial charge in [-0.2, -0.15) is 20.3 Å². The molecule has 0 spiro atoms. The maximum atomic E-state index is 8.55. The molecule has 0 aliphatic heterocycles. The van der Waals surface area contributed by atoms with Crippen LogP contribution in [0.15, 0.2) is 36.7 Å². The summed E-state index contributed by atoms with van der Waals surface area (Å²) in [4.78, 5) is 1.53. The maximum absolute atomic E-state index is 8.55. The molecule has 0 aliphatic carbocycles. The van der Waals surface area contributed by atoms with Crippen molar-refractivity contribution < 1.29 is 0 Å². The summed E-state index contributed by atoms with van der Waals surface area (Å²) in [7, 11) is 0. The lowest BCUT2D eigenvalue weighted by Crippen LogP contribution is -1.98. The number of rotatable bonds is 2. The lowest BCUT2D eigenvalue weighted by Gasteiger charge is -2.00. The predicted octanol–water partition coefficient (Wildman–Crippen LogP) is 1.33. The lowest BCUT2D eigenvalue weighted by molar-refractivity contribution is 0.751. The van der Waals surface area contributed by atoms with Crippen LogP contribution in [0, 0.1) is 11.3 Å². The highest BCUT2D eigenvalue weighted by Gasteiger charge is 1.98. The largest absolute Gasteiger partial charge is 0.198 e. The average molecular weight is 184 g/mol. The third-order valence-corrected chi connectivity index (χ3v) is 1.84. The second-order valence-corrected chi connectivity index (χ2v) is 2.82. The second kappa shape index (κ2) is 3.71. The van der Waals surface area contributed by atoms with Crippen LogP contribution >= 0.6 is 0 Å². The molecule has 0 aliphatic rings. The number of aromatic nitrogens is 3. The first kappa shape index (κ1) is 8.45. The zero-order chi connectivity index (χ0) is 9.80. The molecule has 1 heterocycles. The van der Waals surface area contributed by atoms with Gasteiger partial charge in [-0.1, -0.05) is 12.1 Å². The molecule has 14 heavy (non-hydrogen) atoms. The molecule has 1 aromatic carbocycles. The molecule has 0 atom stereocenters. The quantitative estimate of drug-likeness (QED) is 0.707. The van der Waals surface area contributed by atoms with E-state index in [2.05, 4.69) is 16.3 Å². The highest BCUT2D eigenvalue weighted by molar-refractivity contribution is 5.34. The summed E-state index contributed by atoms with van der Waals surface area (Å²) < 4.78 is 0. The summed E-state index contributed by atoms with van der Waals surface area (Å²) in [5.74, 6) is 0. The number of benzene rings is 1. The highest BCUT2D eigenvalue weighted by atomic mass is 15.5. The molecular weight excluding hydrogens is 176 g/mol. The van der Waals surface area contributed by atoms with Gasteiger partial charge in [0.1, 0.15) is 0 Å². The summed E-state index contributed by atoms with van der Waals surface area (Å²) in [6.45, 7) is 0. The Labute approximate surface area is 81.4 Å². The Morgan fingerprint density at radius 3 is 2.79 bits per heavy atom. The highest BCUT2D eigenvalue weighted by Crippen LogP contribution is 2.08. The average Bonchev–Trinajstić information content (AvgIpc) is 2.71. The van der Waals surface area contributed by atoms with Crippen LogP contribution < -0.4 is 0 Å². The first-order valence-electron chi connectivity index (χ1n) is 4.23. The summed E-state index contributed by atoms with van der Waals surface area (Å²) in [5, 5.41) is 16.6. The van der Waals surface area contributed by atoms with Crippen LogP contribution in [0.1, 0.15) is 5.56 Å². The zero-order valence-electron chi connectivity index (χ0n) is 7.46. The molecule has 0 amide bonds. The normalized spacial score (nSPS) is 9.64. The summed E-state index contributed by atoms with van der Waals surface area (Å²) in [6, 6.07) is 9.72. The minimum absolute atomic E-state index is 0.412. The Morgan fingerprint density at radius 2 is 2.07 bits per heavy atom. The molecule has 68 valence electrons. The number of hydrogen-bond acceptors (Lipinski definition) is 3. The second-order valence-electron chi connectivity index (χ2n) is 2.82. The van der Waals surface area contributed by atoms with Crippen molar-refractivity contribution in [2.45, 2.75) is 6.42 Å². The fourth-order valence-corrected chi connectivity index (χ4v) is 1.23. The van der Waals surface area contributed by atoms with Gasteiger partial charge in [-0.3, -0.25) is 0 Å². The molecule has 0 saturated heterocycles. The molecule has 0 N–H and O–H groups in total. The first-order chi connectivity index (χ1) is 6.90. The van der Waals surface area contributed by atoms with Gasteiger partial charge >= 0.3 is 0 Å². The number of nitrogens with zero attached hydrogens (tertiary/aromatic N) is 4. The zero-order valence-corrected chi connectivity index (χ0v) is 7.46. The topological polar surface area (TPSA) is 54.5 Å². The molecular formula is C10H8N4. The van der Waals surface area contributed by atoms with Crippen molar-refractivity contribution in [3.05, 3.63) is 42.2 Å². The monoisotopic (exact) mass is 184 g/mol. The van der Waals surface area contributed by atoms with Gasteiger partial charge in [0.25, 0.3) is 0 Å². The van der Waals surface area contributed by atoms with Crippen LogP contribution in [-0.2, 0) is 6.42 Å². The Bertz CT molecular complexity index is 453. The third-order valence-electron chi connectivity index (χ3n) is 1.84. The van der Waals surface area contributed by atoms with Gasteiger partial charge in [0.15, 0.2) is 0 Å². The fourth-order valence-electron chi connectivity index (χ4n) is 1.23. The number of hydrogen-bond donors (Lipinski definition) is 0. The molecule has 4 heteroatoms. The van der Waals surface area contributed by atoms with Gasteiger partial charge in [0, 0.05) is 0 Å². The van der Waals surface area contributed by atoms with Gasteiger partial charge < -0.3 is 0 Å². The van der Waals surface area contributed by atoms with Crippen molar-refractivity contribution in [1.82, 2.24) is 15.0 Å². The first-order valence-corrected chi connectivity index (χ1v) is 4.23. The van der Waals surface area contributed by atoms with Crippen molar-refractivity contribution >= 4 is 0 Å². The van der Waals surface area contributed by atoms with E-state index in [1.807, 2.05) is 24.3 Å². The van der Waals surface area contributed by atoms with Crippen LogP contribution in [0.2, 0.25) is 0 Å². The molecule has 0 unspecified atom stereocenters. The van der Waals surface area contributed by atoms with E-state index in [0.29, 0.717) is 6.42 Å².